The second-order valence-corrected chi connectivity index (χ2v) is 7.70. The molecule has 0 amide bonds. The lowest BCUT2D eigenvalue weighted by molar-refractivity contribution is 0.142. The number of ether oxygens (including phenoxy) is 1. The summed E-state index contributed by atoms with van der Waals surface area (Å²) in [7, 11) is 0. The number of aromatic nitrogens is 6. The molecule has 0 saturated heterocycles. The van der Waals surface area contributed by atoms with Crippen molar-refractivity contribution >= 4 is 0 Å². The van der Waals surface area contributed by atoms with E-state index in [1.54, 1.807) is 18.6 Å². The summed E-state index contributed by atoms with van der Waals surface area (Å²) < 4.78 is 32.5. The quantitative estimate of drug-likeness (QED) is 0.477. The maximum atomic E-state index is 13.5. The molecule has 0 atom stereocenters. The third-order valence-electron chi connectivity index (χ3n) is 5.45. The summed E-state index contributed by atoms with van der Waals surface area (Å²) in [6, 6.07) is 7.60. The molecule has 7 nitrogen and oxygen atoms in total. The van der Waals surface area contributed by atoms with Crippen molar-refractivity contribution < 1.29 is 13.5 Å². The Bertz CT molecular complexity index is 1200. The number of nitrogens with zero attached hydrogens (tertiary/aromatic N) is 5. The Morgan fingerprint density at radius 3 is 2.28 bits per heavy atom. The molecule has 1 aliphatic rings. The molecule has 5 rings (SSSR count). The van der Waals surface area contributed by atoms with Gasteiger partial charge in [0.25, 0.3) is 0 Å². The molecule has 1 aromatic carbocycles. The van der Waals surface area contributed by atoms with Crippen LogP contribution in [0.1, 0.15) is 32.1 Å². The fraction of sp³-hybridized carbons (Fsp3) is 0.261. The summed E-state index contributed by atoms with van der Waals surface area (Å²) in [5.74, 6) is -1.11. The van der Waals surface area contributed by atoms with Crippen LogP contribution in [0.3, 0.4) is 0 Å². The summed E-state index contributed by atoms with van der Waals surface area (Å²) in [4.78, 5) is 17.4. The van der Waals surface area contributed by atoms with E-state index in [1.807, 2.05) is 12.1 Å². The van der Waals surface area contributed by atoms with Crippen molar-refractivity contribution in [3.05, 3.63) is 60.6 Å². The number of pyridine rings is 1. The van der Waals surface area contributed by atoms with Crippen LogP contribution < -0.4 is 4.74 Å². The summed E-state index contributed by atoms with van der Waals surface area (Å²) in [6.07, 6.45) is 11.0. The highest BCUT2D eigenvalue weighted by molar-refractivity contribution is 5.64. The first-order chi connectivity index (χ1) is 15.7. The third kappa shape index (κ3) is 4.32. The fourth-order valence-electron chi connectivity index (χ4n) is 3.70. The number of halogens is 2. The molecular weight excluding hydrogens is 414 g/mol. The lowest BCUT2D eigenvalue weighted by Gasteiger charge is -2.21. The van der Waals surface area contributed by atoms with E-state index < -0.39 is 11.6 Å². The van der Waals surface area contributed by atoms with Gasteiger partial charge in [-0.3, -0.25) is 10.1 Å². The standard InChI is InChI=1S/C23H20F2N6O/c24-18-8-6-14(10-19(18)25)21-29-22(31-30-21)15-7-9-20(26-11-15)16-12-27-23(28-13-16)32-17-4-2-1-3-5-17/h6-13,17H,1-5H2,(H,29,30,31). The lowest BCUT2D eigenvalue weighted by Crippen LogP contribution is -2.20. The summed E-state index contributed by atoms with van der Waals surface area (Å²) in [5, 5.41) is 6.89. The van der Waals surface area contributed by atoms with Crippen LogP contribution >= 0.6 is 0 Å². The van der Waals surface area contributed by atoms with Crippen LogP contribution in [0.25, 0.3) is 34.0 Å². The Kier molecular flexibility index (Phi) is 5.53. The highest BCUT2D eigenvalue weighted by Gasteiger charge is 2.16. The van der Waals surface area contributed by atoms with Crippen LogP contribution in [0.2, 0.25) is 0 Å². The first-order valence-electron chi connectivity index (χ1n) is 10.5. The minimum atomic E-state index is -0.941. The molecule has 3 aromatic heterocycles. The molecule has 0 radical (unpaired) electrons. The minimum Gasteiger partial charge on any atom is -0.460 e. The van der Waals surface area contributed by atoms with E-state index in [-0.39, 0.29) is 6.10 Å². The average molecular weight is 434 g/mol. The Morgan fingerprint density at radius 1 is 0.812 bits per heavy atom. The molecule has 0 aliphatic heterocycles. The summed E-state index contributed by atoms with van der Waals surface area (Å²) >= 11 is 0. The molecule has 32 heavy (non-hydrogen) atoms. The van der Waals surface area contributed by atoms with Crippen molar-refractivity contribution in [3.63, 3.8) is 0 Å². The van der Waals surface area contributed by atoms with Crippen molar-refractivity contribution in [2.75, 3.05) is 0 Å². The van der Waals surface area contributed by atoms with Crippen LogP contribution in [0.15, 0.2) is 48.9 Å². The Balaban J connectivity index is 1.29. The van der Waals surface area contributed by atoms with Crippen LogP contribution in [0, 0.1) is 11.6 Å². The molecule has 162 valence electrons. The van der Waals surface area contributed by atoms with Crippen molar-refractivity contribution in [2.24, 2.45) is 0 Å². The topological polar surface area (TPSA) is 89.5 Å². The largest absolute Gasteiger partial charge is 0.460 e. The predicted molar refractivity (Wildman–Crippen MR) is 113 cm³/mol. The zero-order valence-corrected chi connectivity index (χ0v) is 17.1. The highest BCUT2D eigenvalue weighted by atomic mass is 19.2. The molecule has 1 fully saturated rings. The van der Waals surface area contributed by atoms with Crippen LogP contribution in [0.4, 0.5) is 8.78 Å². The predicted octanol–water partition coefficient (Wildman–Crippen LogP) is 4.98. The monoisotopic (exact) mass is 434 g/mol. The molecule has 1 saturated carbocycles. The molecular formula is C23H20F2N6O. The van der Waals surface area contributed by atoms with Gasteiger partial charge < -0.3 is 4.74 Å². The highest BCUT2D eigenvalue weighted by Crippen LogP contribution is 2.25. The molecule has 1 N–H and O–H groups in total. The van der Waals surface area contributed by atoms with Crippen LogP contribution in [-0.2, 0) is 0 Å². The van der Waals surface area contributed by atoms with Gasteiger partial charge in [-0.05, 0) is 56.0 Å². The summed E-state index contributed by atoms with van der Waals surface area (Å²) in [5.41, 5.74) is 2.55. The van der Waals surface area contributed by atoms with Gasteiger partial charge in [-0.25, -0.2) is 23.7 Å². The number of hydrogen-bond acceptors (Lipinski definition) is 6. The Morgan fingerprint density at radius 2 is 1.56 bits per heavy atom. The van der Waals surface area contributed by atoms with E-state index in [2.05, 4.69) is 30.1 Å². The van der Waals surface area contributed by atoms with Gasteiger partial charge in [0.15, 0.2) is 23.3 Å². The number of hydrogen-bond donors (Lipinski definition) is 1. The molecule has 0 spiro atoms. The number of aromatic amines is 1. The maximum absolute atomic E-state index is 13.5. The van der Waals surface area contributed by atoms with Crippen molar-refractivity contribution in [1.29, 1.82) is 0 Å². The average Bonchev–Trinajstić information content (AvgIpc) is 3.33. The molecule has 3 heterocycles. The maximum Gasteiger partial charge on any atom is 0.316 e. The van der Waals surface area contributed by atoms with Crippen LogP contribution in [-0.4, -0.2) is 36.2 Å². The van der Waals surface area contributed by atoms with Gasteiger partial charge in [0.2, 0.25) is 0 Å². The molecule has 1 aliphatic carbocycles. The molecule has 0 bridgehead atoms. The van der Waals surface area contributed by atoms with Gasteiger partial charge in [-0.15, -0.1) is 0 Å². The zero-order chi connectivity index (χ0) is 21.9. The third-order valence-corrected chi connectivity index (χ3v) is 5.45. The molecule has 4 aromatic rings. The SMILES string of the molecule is Fc1ccc(-c2nc(-c3ccc(-c4cnc(OC5CCCCC5)nc4)nc3)n[nH]2)cc1F. The Labute approximate surface area is 183 Å². The Hall–Kier alpha value is -3.75. The molecule has 9 heteroatoms. The number of nitrogens with one attached hydrogen (secondary N) is 1. The van der Waals surface area contributed by atoms with E-state index in [0.29, 0.717) is 34.5 Å². The van der Waals surface area contributed by atoms with Gasteiger partial charge >= 0.3 is 6.01 Å². The molecule has 0 unspecified atom stereocenters. The first kappa shape index (κ1) is 20.2. The van der Waals surface area contributed by atoms with Crippen molar-refractivity contribution in [2.45, 2.75) is 38.2 Å². The second-order valence-electron chi connectivity index (χ2n) is 7.70. The number of benzene rings is 1. The van der Waals surface area contributed by atoms with Gasteiger partial charge in [-0.1, -0.05) is 6.42 Å². The van der Waals surface area contributed by atoms with E-state index in [0.717, 1.165) is 30.5 Å². The van der Waals surface area contributed by atoms with E-state index in [1.165, 1.54) is 25.3 Å². The lowest BCUT2D eigenvalue weighted by atomic mass is 9.98. The van der Waals surface area contributed by atoms with E-state index in [9.17, 15) is 8.78 Å². The van der Waals surface area contributed by atoms with Gasteiger partial charge in [-0.2, -0.15) is 5.10 Å². The minimum absolute atomic E-state index is 0.199. The smallest absolute Gasteiger partial charge is 0.316 e. The van der Waals surface area contributed by atoms with Crippen molar-refractivity contribution in [3.8, 4) is 40.0 Å². The van der Waals surface area contributed by atoms with Gasteiger partial charge in [0, 0.05) is 35.3 Å². The van der Waals surface area contributed by atoms with Gasteiger partial charge in [0.05, 0.1) is 5.69 Å². The van der Waals surface area contributed by atoms with Crippen molar-refractivity contribution in [1.82, 2.24) is 30.1 Å². The second kappa shape index (κ2) is 8.78. The fourth-order valence-corrected chi connectivity index (χ4v) is 3.70. The van der Waals surface area contributed by atoms with Crippen LogP contribution in [0.5, 0.6) is 6.01 Å². The summed E-state index contributed by atoms with van der Waals surface area (Å²) in [6.45, 7) is 0. The van der Waals surface area contributed by atoms with E-state index in [4.69, 9.17) is 4.74 Å². The number of rotatable bonds is 5. The van der Waals surface area contributed by atoms with Gasteiger partial charge in [0.1, 0.15) is 6.10 Å². The normalized spacial score (nSPS) is 14.4. The van der Waals surface area contributed by atoms with E-state index >= 15 is 0 Å². The zero-order valence-electron chi connectivity index (χ0n) is 17.1. The first-order valence-corrected chi connectivity index (χ1v) is 10.5. The number of H-pyrrole nitrogens is 1.